The van der Waals surface area contributed by atoms with Crippen LogP contribution < -0.4 is 11.1 Å². The van der Waals surface area contributed by atoms with E-state index in [4.69, 9.17) is 15.5 Å². The van der Waals surface area contributed by atoms with Crippen LogP contribution in [-0.4, -0.2) is 109 Å². The van der Waals surface area contributed by atoms with Crippen LogP contribution >= 0.6 is 0 Å². The van der Waals surface area contributed by atoms with Crippen molar-refractivity contribution in [3.05, 3.63) is 12.2 Å². The zero-order chi connectivity index (χ0) is 41.4. The topological polar surface area (TPSA) is 203 Å². The Bertz CT molecular complexity index is 1560. The van der Waals surface area contributed by atoms with Gasteiger partial charge in [-0.2, -0.15) is 0 Å². The van der Waals surface area contributed by atoms with Crippen LogP contribution in [0.3, 0.4) is 0 Å². The van der Waals surface area contributed by atoms with Crippen molar-refractivity contribution in [1.82, 2.24) is 0 Å². The minimum Gasteiger partial charge on any atom is -0.391 e. The molecule has 11 nitrogen and oxygen atoms in total. The third-order valence-corrected chi connectivity index (χ3v) is 18.5. The number of ketones is 1. The smallest absolute Gasteiger partial charge is 0.180 e. The first kappa shape index (κ1) is 43.4. The third-order valence-electron chi connectivity index (χ3n) is 18.5. The Morgan fingerprint density at radius 1 is 1.02 bits per heavy atom. The molecule has 8 rings (SSSR count). The van der Waals surface area contributed by atoms with Crippen LogP contribution in [0, 0.1) is 64.1 Å². The highest BCUT2D eigenvalue weighted by Gasteiger charge is 2.77. The summed E-state index contributed by atoms with van der Waals surface area (Å²) in [7, 11) is 0. The minimum absolute atomic E-state index is 0.0181. The molecular formula is C47H78N3O8+. The lowest BCUT2D eigenvalue weighted by Gasteiger charge is -2.67. The number of fused-ring (bicyclic) bond motifs is 3. The number of aliphatic hydroxyl groups is 6. The second-order valence-corrected chi connectivity index (χ2v) is 21.7. The van der Waals surface area contributed by atoms with Crippen molar-refractivity contribution in [2.75, 3.05) is 19.7 Å². The highest BCUT2D eigenvalue weighted by atomic mass is 16.5. The molecule has 10 N–H and O–H groups in total. The monoisotopic (exact) mass is 813 g/mol. The first-order valence-electron chi connectivity index (χ1n) is 23.7. The Morgan fingerprint density at radius 3 is 2.52 bits per heavy atom. The largest absolute Gasteiger partial charge is 0.391 e. The number of hydrogen-bond donors (Lipinski definition) is 8. The van der Waals surface area contributed by atoms with Gasteiger partial charge in [0.25, 0.3) is 0 Å². The van der Waals surface area contributed by atoms with E-state index in [9.17, 15) is 30.6 Å². The van der Waals surface area contributed by atoms with Crippen molar-refractivity contribution in [2.24, 2.45) is 74.8 Å². The number of quaternary nitrogens is 1. The van der Waals surface area contributed by atoms with Crippen LogP contribution in [0.15, 0.2) is 17.1 Å². The molecule has 1 spiro atoms. The van der Waals surface area contributed by atoms with Gasteiger partial charge in [-0.15, -0.1) is 0 Å². The molecule has 8 aliphatic rings. The summed E-state index contributed by atoms with van der Waals surface area (Å²) < 4.78 is 6.64. The molecule has 0 radical (unpaired) electrons. The normalized spacial score (nSPS) is 51.2. The maximum Gasteiger partial charge on any atom is 0.180 e. The van der Waals surface area contributed by atoms with Crippen LogP contribution in [0.1, 0.15) is 137 Å². The van der Waals surface area contributed by atoms with E-state index in [-0.39, 0.29) is 55.0 Å². The number of aliphatic imine (C=N–C) groups is 1. The number of nitrogens with zero attached hydrogens (tertiary/aromatic N) is 1. The Balaban J connectivity index is 1.21. The molecule has 328 valence electrons. The molecule has 2 saturated heterocycles. The summed E-state index contributed by atoms with van der Waals surface area (Å²) in [6, 6.07) is 0. The van der Waals surface area contributed by atoms with E-state index in [0.717, 1.165) is 51.5 Å². The lowest BCUT2D eigenvalue weighted by Crippen LogP contribution is -2.95. The van der Waals surface area contributed by atoms with E-state index in [1.165, 1.54) is 19.3 Å². The molecule has 5 saturated carbocycles. The van der Waals surface area contributed by atoms with E-state index in [0.29, 0.717) is 56.3 Å². The summed E-state index contributed by atoms with van der Waals surface area (Å²) in [6.07, 6.45) is 14.8. The fraction of sp³-hybridized carbons (Fsp3) is 0.915. The number of allylic oxidation sites excluding steroid dienone is 2. The van der Waals surface area contributed by atoms with E-state index >= 15 is 4.79 Å². The summed E-state index contributed by atoms with van der Waals surface area (Å²) in [4.78, 5) is 20.2. The number of hydrogen-bond acceptors (Lipinski definition) is 10. The molecule has 2 aliphatic heterocycles. The van der Waals surface area contributed by atoms with E-state index < -0.39 is 69.8 Å². The number of carbonyl (C=O) groups is 1. The number of aliphatic hydroxyl groups excluding tert-OH is 3. The number of ether oxygens (including phenoxy) is 1. The van der Waals surface area contributed by atoms with Crippen molar-refractivity contribution in [2.45, 2.75) is 184 Å². The predicted octanol–water partition coefficient (Wildman–Crippen LogP) is 3.40. The summed E-state index contributed by atoms with van der Waals surface area (Å²) in [5, 5.41) is 75.8. The summed E-state index contributed by atoms with van der Waals surface area (Å²) in [5.74, 6) is -1.36. The van der Waals surface area contributed by atoms with Crippen LogP contribution in [0.2, 0.25) is 0 Å². The summed E-state index contributed by atoms with van der Waals surface area (Å²) >= 11 is 0. The molecule has 7 fully saturated rings. The first-order valence-corrected chi connectivity index (χ1v) is 23.7. The van der Waals surface area contributed by atoms with Crippen LogP contribution in [0.5, 0.6) is 0 Å². The van der Waals surface area contributed by atoms with Gasteiger partial charge in [0.15, 0.2) is 5.78 Å². The molecule has 19 atom stereocenters. The molecule has 0 amide bonds. The highest BCUT2D eigenvalue weighted by molar-refractivity contribution is 6.42. The van der Waals surface area contributed by atoms with E-state index in [2.05, 4.69) is 31.3 Å². The fourth-order valence-electron chi connectivity index (χ4n) is 15.6. The minimum atomic E-state index is -1.61. The van der Waals surface area contributed by atoms with Gasteiger partial charge in [-0.25, -0.2) is 0 Å². The maximum absolute atomic E-state index is 15.3. The SMILES string of the molecule is CCCCCC[C@H]1CO[C@H]2[C@H]1CCCC[C@]2(O)[C@](C)(O)[C@@H]1CC[C@]2(O)[C@@H]3C(=NC[C@H](C)O)C(=O)[C@@H]4C[C@@H](O)[C@@H](O)C[C@@]45C[C@@H](C4CCC(N)[NH2+]C4)C=C[C@@H](C[C@]12C)[C@@H]35. The standard InChI is InChI=1S/C47H77N3O8/c1-5-6-7-8-11-31-26-58-42-32(31)12-9-10-18-47(42,57)44(4,55)36-17-19-46(56)39-38-29(21-43(36,46)3)14-13-28(30-15-16-37(48)49-25-30)22-45(38)23-35(53)34(52)20-33(45)41(54)40(39)50-24-27(2)51/h13-14,27-39,42,49,51-53,55-57H,5-12,15-26,48H2,1-4H3/p+1/t27-,28-,29-,30?,31-,32-,33-,34+,35-,36+,37?,38-,39-,42-,43+,44+,45-,46-,47+/m0/s1. The Labute approximate surface area is 347 Å². The maximum atomic E-state index is 15.3. The van der Waals surface area contributed by atoms with Crippen LogP contribution in [0.25, 0.3) is 0 Å². The zero-order valence-corrected chi connectivity index (χ0v) is 36.0. The predicted molar refractivity (Wildman–Crippen MR) is 221 cm³/mol. The molecular weight excluding hydrogens is 735 g/mol. The molecule has 0 aromatic carbocycles. The fourth-order valence-corrected chi connectivity index (χ4v) is 15.6. The quantitative estimate of drug-likeness (QED) is 0.120. The molecule has 2 unspecified atom stereocenters. The molecule has 11 heteroatoms. The number of rotatable bonds is 10. The molecule has 0 aromatic heterocycles. The van der Waals surface area contributed by atoms with Crippen molar-refractivity contribution in [3.63, 3.8) is 0 Å². The second kappa shape index (κ2) is 16.1. The number of carbonyl (C=O) groups excluding carboxylic acids is 1. The van der Waals surface area contributed by atoms with Crippen LogP contribution in [0.4, 0.5) is 0 Å². The number of unbranched alkanes of at least 4 members (excludes halogenated alkanes) is 3. The van der Waals surface area contributed by atoms with Gasteiger partial charge in [0.05, 0.1) is 61.0 Å². The van der Waals surface area contributed by atoms with Crippen molar-refractivity contribution >= 4 is 11.5 Å². The van der Waals surface area contributed by atoms with Gasteiger partial charge >= 0.3 is 0 Å². The third kappa shape index (κ3) is 6.77. The summed E-state index contributed by atoms with van der Waals surface area (Å²) in [5.41, 5.74) is 0.411. The molecule has 58 heavy (non-hydrogen) atoms. The molecule has 0 bridgehead atoms. The van der Waals surface area contributed by atoms with Gasteiger partial charge in [-0.3, -0.25) is 15.5 Å². The van der Waals surface area contributed by atoms with Gasteiger partial charge in [0.2, 0.25) is 0 Å². The van der Waals surface area contributed by atoms with Crippen molar-refractivity contribution in [1.29, 1.82) is 0 Å². The van der Waals surface area contributed by atoms with Gasteiger partial charge in [-0.1, -0.05) is 64.5 Å². The van der Waals surface area contributed by atoms with Gasteiger partial charge < -0.3 is 40.7 Å². The zero-order valence-electron chi connectivity index (χ0n) is 36.0. The highest BCUT2D eigenvalue weighted by Crippen LogP contribution is 2.73. The van der Waals surface area contributed by atoms with Crippen molar-refractivity contribution in [3.8, 4) is 0 Å². The lowest BCUT2D eigenvalue weighted by atomic mass is 9.38. The van der Waals surface area contributed by atoms with Crippen LogP contribution in [-0.2, 0) is 9.53 Å². The number of nitrogens with two attached hydrogens (primary N) is 2. The molecule has 6 aliphatic carbocycles. The average molecular weight is 813 g/mol. The van der Waals surface area contributed by atoms with E-state index in [1.54, 1.807) is 6.92 Å². The average Bonchev–Trinajstić information content (AvgIpc) is 3.59. The Morgan fingerprint density at radius 2 is 1.79 bits per heavy atom. The molecule has 2 heterocycles. The van der Waals surface area contributed by atoms with Gasteiger partial charge in [0.1, 0.15) is 11.8 Å². The Hall–Kier alpha value is -1.28. The number of Topliss-reactive ketones (excluding diaryl/α,β-unsaturated/α-hetero) is 1. The second-order valence-electron chi connectivity index (χ2n) is 21.7. The molecule has 0 aromatic rings. The first-order chi connectivity index (χ1) is 27.5. The van der Waals surface area contributed by atoms with Gasteiger partial charge in [0, 0.05) is 29.6 Å². The lowest BCUT2D eigenvalue weighted by molar-refractivity contribution is -0.703. The number of piperidine rings is 1. The Kier molecular flexibility index (Phi) is 12.1. The summed E-state index contributed by atoms with van der Waals surface area (Å²) in [6.45, 7) is 9.29. The van der Waals surface area contributed by atoms with Crippen molar-refractivity contribution < 1.29 is 45.5 Å². The van der Waals surface area contributed by atoms with Gasteiger partial charge in [-0.05, 0) is 119 Å². The van der Waals surface area contributed by atoms with E-state index in [1.807, 2.05) is 6.92 Å².